The smallest absolute Gasteiger partial charge is 1.00 e. The number of hydrogen-bond donors (Lipinski definition) is 3. The van der Waals surface area contributed by atoms with Gasteiger partial charge in [-0.1, -0.05) is 0 Å². The molecule has 0 spiro atoms. The molecule has 4 nitrogen and oxygen atoms in total. The maximum Gasteiger partial charge on any atom is 1.00 e. The third kappa shape index (κ3) is 22.5. The first-order valence-corrected chi connectivity index (χ1v) is 3.51. The van der Waals surface area contributed by atoms with Crippen LogP contribution in [0.3, 0.4) is 0 Å². The second kappa shape index (κ2) is 12.1. The minimum absolute atomic E-state index is 0. The van der Waals surface area contributed by atoms with E-state index in [0.29, 0.717) is 0 Å². The Bertz CT molecular complexity index is 103. The molecule has 3 N–H and O–H groups in total. The van der Waals surface area contributed by atoms with Gasteiger partial charge in [0.15, 0.2) is 0 Å². The number of hydrogen-bond acceptors (Lipinski definition) is 2. The van der Waals surface area contributed by atoms with Gasteiger partial charge in [-0.25, -0.2) is 0 Å². The fraction of sp³-hybridized carbons (Fsp3) is 1.00. The molecule has 0 aliphatic rings. The van der Waals surface area contributed by atoms with Crippen molar-refractivity contribution in [1.29, 1.82) is 0 Å². The molecule has 0 aliphatic carbocycles. The molecule has 0 rings (SSSR count). The molecule has 0 bridgehead atoms. The fourth-order valence-electron chi connectivity index (χ4n) is 0.130. The number of aliphatic hydroxyl groups excluding tert-OH is 1. The molecule has 0 heterocycles. The second-order valence-electron chi connectivity index (χ2n) is 1.11. The fourth-order valence-corrected chi connectivity index (χ4v) is 0.391. The van der Waals surface area contributed by atoms with E-state index in [0.717, 1.165) is 0 Å². The van der Waals surface area contributed by atoms with Gasteiger partial charge in [0.1, 0.15) is 0 Å². The molecule has 0 aliphatic heterocycles. The van der Waals surface area contributed by atoms with Crippen molar-refractivity contribution in [1.82, 2.24) is 0 Å². The van der Waals surface area contributed by atoms with Crippen LogP contribution in [0.15, 0.2) is 0 Å². The van der Waals surface area contributed by atoms with E-state index in [-0.39, 0.29) is 93.0 Å². The summed E-state index contributed by atoms with van der Waals surface area (Å²) in [4.78, 5) is 15.9. The quantitative estimate of drug-likeness (QED) is 0.304. The second-order valence-corrected chi connectivity index (χ2v) is 2.89. The molecule has 10 heavy (non-hydrogen) atoms. The summed E-state index contributed by atoms with van der Waals surface area (Å²) in [5.41, 5.74) is 0. The normalized spacial score (nSPS) is 8.30. The van der Waals surface area contributed by atoms with Crippen LogP contribution in [-0.2, 0) is 4.57 Å². The van der Waals surface area contributed by atoms with Crippen molar-refractivity contribution < 1.29 is 112 Å². The Kier molecular flexibility index (Phi) is 28.1. The van der Waals surface area contributed by atoms with E-state index in [1.54, 1.807) is 0 Å². The zero-order valence-electron chi connectivity index (χ0n) is 9.61. The topological polar surface area (TPSA) is 77.8 Å². The minimum atomic E-state index is -3.92. The van der Waals surface area contributed by atoms with E-state index in [4.69, 9.17) is 14.9 Å². The summed E-state index contributed by atoms with van der Waals surface area (Å²) in [6, 6.07) is 0. The Morgan fingerprint density at radius 2 is 1.50 bits per heavy atom. The average molecular weight is 198 g/mol. The van der Waals surface area contributed by atoms with Crippen LogP contribution < -0.4 is 88.7 Å². The Labute approximate surface area is 131 Å². The van der Waals surface area contributed by atoms with Crippen LogP contribution in [0.25, 0.3) is 0 Å². The van der Waals surface area contributed by atoms with Gasteiger partial charge in [0.05, 0.1) is 12.8 Å². The van der Waals surface area contributed by atoms with Gasteiger partial charge < -0.3 is 19.2 Å². The van der Waals surface area contributed by atoms with Crippen molar-refractivity contribution in [2.45, 2.75) is 0 Å². The van der Waals surface area contributed by atoms with E-state index >= 15 is 0 Å². The van der Waals surface area contributed by atoms with Crippen LogP contribution in [-0.4, -0.2) is 27.7 Å². The molecule has 8 heteroatoms. The standard InChI is InChI=1S/C2H7O4P.3Na.3H/c3-1-2-7(4,5)6;;;;;;/h3H,1-2H2,(H2,4,5,6);;;;;;/q;3*+1;3*-1. The predicted molar refractivity (Wildman–Crippen MR) is 27.3 cm³/mol. The van der Waals surface area contributed by atoms with Gasteiger partial charge in [-0.05, 0) is 0 Å². The van der Waals surface area contributed by atoms with Crippen molar-refractivity contribution in [3.05, 3.63) is 0 Å². The summed E-state index contributed by atoms with van der Waals surface area (Å²) in [6.45, 7) is -0.454. The molecule has 0 fully saturated rings. The van der Waals surface area contributed by atoms with Crippen LogP contribution in [0.1, 0.15) is 4.28 Å². The molecule has 0 atom stereocenters. The van der Waals surface area contributed by atoms with Crippen LogP contribution in [0.5, 0.6) is 0 Å². The van der Waals surface area contributed by atoms with Crippen LogP contribution in [0.4, 0.5) is 0 Å². The summed E-state index contributed by atoms with van der Waals surface area (Å²) in [6.07, 6.45) is -0.438. The van der Waals surface area contributed by atoms with Gasteiger partial charge in [-0.2, -0.15) is 0 Å². The van der Waals surface area contributed by atoms with Crippen molar-refractivity contribution in [3.8, 4) is 0 Å². The third-order valence-electron chi connectivity index (χ3n) is 0.391. The molecular weight excluding hydrogens is 188 g/mol. The molecule has 0 saturated heterocycles. The van der Waals surface area contributed by atoms with Crippen molar-refractivity contribution in [3.63, 3.8) is 0 Å². The molecule has 0 unspecified atom stereocenters. The Hall–Kier alpha value is 3.11. The van der Waals surface area contributed by atoms with Crippen molar-refractivity contribution in [2.75, 3.05) is 12.8 Å². The number of aliphatic hydroxyl groups is 1. The summed E-state index contributed by atoms with van der Waals surface area (Å²) in [7, 11) is -3.92. The Balaban J connectivity index is -0.0000000120. The van der Waals surface area contributed by atoms with Gasteiger partial charge in [-0.15, -0.1) is 0 Å². The molecule has 50 valence electrons. The van der Waals surface area contributed by atoms with Gasteiger partial charge in [-0.3, -0.25) is 4.57 Å². The molecule has 0 aromatic heterocycles. The summed E-state index contributed by atoms with van der Waals surface area (Å²) in [5, 5.41) is 7.91. The third-order valence-corrected chi connectivity index (χ3v) is 1.17. The minimum Gasteiger partial charge on any atom is -1.00 e. The molecule has 0 aromatic rings. The van der Waals surface area contributed by atoms with E-state index < -0.39 is 20.4 Å². The summed E-state index contributed by atoms with van der Waals surface area (Å²) < 4.78 is 9.77. The largest absolute Gasteiger partial charge is 1.00 e. The molecular formula is C2H10Na3O4P. The van der Waals surface area contributed by atoms with E-state index in [9.17, 15) is 4.57 Å². The predicted octanol–water partition coefficient (Wildman–Crippen LogP) is -9.49. The van der Waals surface area contributed by atoms with Gasteiger partial charge in [0.25, 0.3) is 0 Å². The maximum atomic E-state index is 9.77. The van der Waals surface area contributed by atoms with E-state index in [2.05, 4.69) is 0 Å². The monoisotopic (exact) mass is 198 g/mol. The summed E-state index contributed by atoms with van der Waals surface area (Å²) >= 11 is 0. The van der Waals surface area contributed by atoms with Crippen molar-refractivity contribution in [2.24, 2.45) is 0 Å². The van der Waals surface area contributed by atoms with Gasteiger partial charge >= 0.3 is 96.3 Å². The zero-order chi connectivity index (χ0) is 5.91. The van der Waals surface area contributed by atoms with Gasteiger partial charge in [0, 0.05) is 0 Å². The molecule has 0 amide bonds. The first-order chi connectivity index (χ1) is 3.06. The van der Waals surface area contributed by atoms with Crippen LogP contribution in [0.2, 0.25) is 0 Å². The number of rotatable bonds is 2. The molecule has 0 saturated carbocycles. The van der Waals surface area contributed by atoms with Crippen molar-refractivity contribution >= 4 is 7.60 Å². The molecule has 0 radical (unpaired) electrons. The van der Waals surface area contributed by atoms with E-state index in [1.807, 2.05) is 0 Å². The average Bonchev–Trinajstić information content (AvgIpc) is 1.30. The van der Waals surface area contributed by atoms with Crippen LogP contribution >= 0.6 is 7.60 Å². The maximum absolute atomic E-state index is 9.77. The van der Waals surface area contributed by atoms with Gasteiger partial charge in [0.2, 0.25) is 0 Å². The first-order valence-electron chi connectivity index (χ1n) is 1.72. The summed E-state index contributed by atoms with van der Waals surface area (Å²) in [5.74, 6) is 0. The van der Waals surface area contributed by atoms with E-state index in [1.165, 1.54) is 0 Å². The molecule has 0 aromatic carbocycles. The Morgan fingerprint density at radius 3 is 1.50 bits per heavy atom. The SMILES string of the molecule is O=P(O)(O)CCO.[H-].[H-].[H-].[Na+].[Na+].[Na+]. The first kappa shape index (κ1) is 23.2. The Morgan fingerprint density at radius 1 is 1.20 bits per heavy atom. The zero-order valence-corrected chi connectivity index (χ0v) is 13.5. The van der Waals surface area contributed by atoms with Crippen LogP contribution in [0, 0.1) is 0 Å².